The van der Waals surface area contributed by atoms with Gasteiger partial charge in [0.05, 0.1) is 7.11 Å². The van der Waals surface area contributed by atoms with Crippen LogP contribution in [0.15, 0.2) is 24.3 Å². The molecule has 0 spiro atoms. The van der Waals surface area contributed by atoms with Gasteiger partial charge in [-0.2, -0.15) is 0 Å². The number of benzene rings is 1. The molecule has 1 atom stereocenters. The number of methoxy groups -OCH3 is 1. The summed E-state index contributed by atoms with van der Waals surface area (Å²) in [5, 5.41) is 3.60. The lowest BCUT2D eigenvalue weighted by molar-refractivity contribution is 0.414. The summed E-state index contributed by atoms with van der Waals surface area (Å²) in [5.74, 6) is 1.74. The van der Waals surface area contributed by atoms with Crippen LogP contribution in [0.25, 0.3) is 0 Å². The molecule has 0 aromatic heterocycles. The maximum atomic E-state index is 5.20. The second-order valence-electron chi connectivity index (χ2n) is 5.63. The van der Waals surface area contributed by atoms with Gasteiger partial charge in [-0.3, -0.25) is 0 Å². The van der Waals surface area contributed by atoms with Gasteiger partial charge in [0.15, 0.2) is 0 Å². The van der Waals surface area contributed by atoms with Crippen LogP contribution >= 0.6 is 0 Å². The van der Waals surface area contributed by atoms with Crippen molar-refractivity contribution in [3.8, 4) is 5.75 Å². The first kappa shape index (κ1) is 16.0. The highest BCUT2D eigenvalue weighted by atomic mass is 16.5. The summed E-state index contributed by atoms with van der Waals surface area (Å²) in [4.78, 5) is 0. The zero-order chi connectivity index (χ0) is 14.1. The fourth-order valence-electron chi connectivity index (χ4n) is 2.38. The summed E-state index contributed by atoms with van der Waals surface area (Å²) in [5.41, 5.74) is 1.39. The van der Waals surface area contributed by atoms with Gasteiger partial charge in [0.25, 0.3) is 0 Å². The topological polar surface area (TPSA) is 21.3 Å². The molecule has 1 aromatic carbocycles. The van der Waals surface area contributed by atoms with Gasteiger partial charge in [-0.1, -0.05) is 45.7 Å². The van der Waals surface area contributed by atoms with Gasteiger partial charge in [-0.25, -0.2) is 0 Å². The van der Waals surface area contributed by atoms with Crippen LogP contribution in [0.5, 0.6) is 5.75 Å². The lowest BCUT2D eigenvalue weighted by Crippen LogP contribution is -2.31. The predicted molar refractivity (Wildman–Crippen MR) is 82.9 cm³/mol. The Morgan fingerprint density at radius 2 is 1.79 bits per heavy atom. The van der Waals surface area contributed by atoms with Gasteiger partial charge in [-0.05, 0) is 43.0 Å². The van der Waals surface area contributed by atoms with Crippen LogP contribution in [-0.4, -0.2) is 19.7 Å². The molecular weight excluding hydrogens is 234 g/mol. The quantitative estimate of drug-likeness (QED) is 0.726. The highest BCUT2D eigenvalue weighted by Gasteiger charge is 2.09. The van der Waals surface area contributed by atoms with E-state index in [9.17, 15) is 0 Å². The summed E-state index contributed by atoms with van der Waals surface area (Å²) in [6.45, 7) is 7.82. The largest absolute Gasteiger partial charge is 0.497 e. The third-order valence-electron chi connectivity index (χ3n) is 3.47. The Morgan fingerprint density at radius 1 is 1.11 bits per heavy atom. The Hall–Kier alpha value is -1.02. The number of hydrogen-bond donors (Lipinski definition) is 1. The summed E-state index contributed by atoms with van der Waals surface area (Å²) >= 11 is 0. The van der Waals surface area contributed by atoms with Crippen molar-refractivity contribution in [3.63, 3.8) is 0 Å². The minimum atomic E-state index is 0.595. The second kappa shape index (κ2) is 8.98. The smallest absolute Gasteiger partial charge is 0.118 e. The number of rotatable bonds is 9. The molecule has 2 heteroatoms. The average molecular weight is 263 g/mol. The predicted octanol–water partition coefficient (Wildman–Crippen LogP) is 4.04. The van der Waals surface area contributed by atoms with Crippen LogP contribution in [0, 0.1) is 5.92 Å². The van der Waals surface area contributed by atoms with E-state index in [2.05, 4.69) is 38.2 Å². The van der Waals surface area contributed by atoms with Crippen molar-refractivity contribution in [2.75, 3.05) is 13.7 Å². The van der Waals surface area contributed by atoms with Gasteiger partial charge in [-0.15, -0.1) is 0 Å². The highest BCUT2D eigenvalue weighted by molar-refractivity contribution is 5.27. The van der Waals surface area contributed by atoms with E-state index < -0.39 is 0 Å². The van der Waals surface area contributed by atoms with E-state index in [1.165, 1.54) is 24.8 Å². The zero-order valence-electron chi connectivity index (χ0n) is 12.9. The SMILES string of the molecule is CCNC(CCCC(C)C)Cc1ccc(OC)cc1. The summed E-state index contributed by atoms with van der Waals surface area (Å²) < 4.78 is 5.20. The molecule has 0 radical (unpaired) electrons. The molecule has 0 aliphatic rings. The third kappa shape index (κ3) is 6.63. The fourth-order valence-corrected chi connectivity index (χ4v) is 2.38. The maximum Gasteiger partial charge on any atom is 0.118 e. The van der Waals surface area contributed by atoms with E-state index >= 15 is 0 Å². The van der Waals surface area contributed by atoms with Gasteiger partial charge >= 0.3 is 0 Å². The van der Waals surface area contributed by atoms with Gasteiger partial charge in [0, 0.05) is 6.04 Å². The summed E-state index contributed by atoms with van der Waals surface area (Å²) in [6.07, 6.45) is 5.00. The summed E-state index contributed by atoms with van der Waals surface area (Å²) in [6, 6.07) is 9.04. The lowest BCUT2D eigenvalue weighted by atomic mass is 9.98. The molecule has 108 valence electrons. The van der Waals surface area contributed by atoms with Crippen molar-refractivity contribution in [1.29, 1.82) is 0 Å². The first-order valence-electron chi connectivity index (χ1n) is 7.52. The normalized spacial score (nSPS) is 12.7. The number of ether oxygens (including phenoxy) is 1. The van der Waals surface area contributed by atoms with Crippen LogP contribution in [-0.2, 0) is 6.42 Å². The van der Waals surface area contributed by atoms with Crippen molar-refractivity contribution in [3.05, 3.63) is 29.8 Å². The second-order valence-corrected chi connectivity index (χ2v) is 5.63. The molecule has 1 rings (SSSR count). The van der Waals surface area contributed by atoms with Crippen LogP contribution in [0.2, 0.25) is 0 Å². The molecular formula is C17H29NO. The third-order valence-corrected chi connectivity index (χ3v) is 3.47. The number of hydrogen-bond acceptors (Lipinski definition) is 2. The van der Waals surface area contributed by atoms with Gasteiger partial charge in [0.1, 0.15) is 5.75 Å². The van der Waals surface area contributed by atoms with Crippen molar-refractivity contribution < 1.29 is 4.74 Å². The fraction of sp³-hybridized carbons (Fsp3) is 0.647. The lowest BCUT2D eigenvalue weighted by Gasteiger charge is -2.18. The van der Waals surface area contributed by atoms with Crippen LogP contribution < -0.4 is 10.1 Å². The zero-order valence-corrected chi connectivity index (χ0v) is 12.9. The molecule has 19 heavy (non-hydrogen) atoms. The first-order valence-corrected chi connectivity index (χ1v) is 7.52. The van der Waals surface area contributed by atoms with Crippen molar-refractivity contribution >= 4 is 0 Å². The number of likely N-dealkylation sites (N-methyl/N-ethyl adjacent to an activating group) is 1. The molecule has 0 aliphatic heterocycles. The molecule has 0 saturated heterocycles. The standard InChI is InChI=1S/C17H29NO/c1-5-18-16(8-6-7-14(2)3)13-15-9-11-17(19-4)12-10-15/h9-12,14,16,18H,5-8,13H2,1-4H3. The Bertz CT molecular complexity index is 332. The average Bonchev–Trinajstić information content (AvgIpc) is 2.39. The molecule has 0 bridgehead atoms. The molecule has 0 aliphatic carbocycles. The van der Waals surface area contributed by atoms with E-state index in [4.69, 9.17) is 4.74 Å². The Kier molecular flexibility index (Phi) is 7.57. The minimum absolute atomic E-state index is 0.595. The van der Waals surface area contributed by atoms with E-state index in [1.54, 1.807) is 7.11 Å². The van der Waals surface area contributed by atoms with Crippen LogP contribution in [0.4, 0.5) is 0 Å². The van der Waals surface area contributed by atoms with Crippen LogP contribution in [0.1, 0.15) is 45.6 Å². The Labute approximate surface area is 118 Å². The molecule has 0 amide bonds. The Morgan fingerprint density at radius 3 is 2.32 bits per heavy atom. The number of nitrogens with one attached hydrogen (secondary N) is 1. The molecule has 2 nitrogen and oxygen atoms in total. The van der Waals surface area contributed by atoms with Crippen molar-refractivity contribution in [2.24, 2.45) is 5.92 Å². The van der Waals surface area contributed by atoms with Gasteiger partial charge in [0.2, 0.25) is 0 Å². The van der Waals surface area contributed by atoms with Gasteiger partial charge < -0.3 is 10.1 Å². The van der Waals surface area contributed by atoms with E-state index in [0.717, 1.165) is 24.6 Å². The molecule has 0 heterocycles. The van der Waals surface area contributed by atoms with E-state index in [0.29, 0.717) is 6.04 Å². The maximum absolute atomic E-state index is 5.20. The van der Waals surface area contributed by atoms with Crippen molar-refractivity contribution in [1.82, 2.24) is 5.32 Å². The minimum Gasteiger partial charge on any atom is -0.497 e. The first-order chi connectivity index (χ1) is 9.15. The molecule has 1 aromatic rings. The molecule has 1 unspecified atom stereocenters. The van der Waals surface area contributed by atoms with Crippen molar-refractivity contribution in [2.45, 2.75) is 52.5 Å². The van der Waals surface area contributed by atoms with Crippen LogP contribution in [0.3, 0.4) is 0 Å². The summed E-state index contributed by atoms with van der Waals surface area (Å²) in [7, 11) is 1.71. The molecule has 0 fully saturated rings. The highest BCUT2D eigenvalue weighted by Crippen LogP contribution is 2.15. The Balaban J connectivity index is 2.46. The van der Waals surface area contributed by atoms with E-state index in [1.807, 2.05) is 12.1 Å². The monoisotopic (exact) mass is 263 g/mol. The molecule has 1 N–H and O–H groups in total. The van der Waals surface area contributed by atoms with E-state index in [-0.39, 0.29) is 0 Å². The molecule has 0 saturated carbocycles.